The van der Waals surface area contributed by atoms with E-state index in [9.17, 15) is 19.2 Å². The van der Waals surface area contributed by atoms with E-state index in [2.05, 4.69) is 5.32 Å². The Bertz CT molecular complexity index is 453. The first kappa shape index (κ1) is 12.5. The van der Waals surface area contributed by atoms with Crippen LogP contribution in [0, 0.1) is 5.41 Å². The molecule has 1 heterocycles. The summed E-state index contributed by atoms with van der Waals surface area (Å²) in [5.74, 6) is -1.46. The fourth-order valence-corrected chi connectivity index (χ4v) is 2.10. The van der Waals surface area contributed by atoms with Crippen LogP contribution in [0.1, 0.15) is 19.8 Å². The summed E-state index contributed by atoms with van der Waals surface area (Å²) in [7, 11) is 3.09. The van der Waals surface area contributed by atoms with E-state index in [1.807, 2.05) is 0 Å². The van der Waals surface area contributed by atoms with Crippen molar-refractivity contribution in [3.8, 4) is 0 Å². The van der Waals surface area contributed by atoms with Gasteiger partial charge < -0.3 is 4.90 Å². The van der Waals surface area contributed by atoms with Crippen LogP contribution >= 0.6 is 0 Å². The van der Waals surface area contributed by atoms with Gasteiger partial charge in [0.1, 0.15) is 11.5 Å². The molecule has 2 aliphatic rings. The van der Waals surface area contributed by atoms with Crippen LogP contribution in [0.3, 0.4) is 0 Å². The van der Waals surface area contributed by atoms with Crippen molar-refractivity contribution >= 4 is 23.8 Å². The molecule has 1 N–H and O–H groups in total. The second kappa shape index (κ2) is 3.79. The second-order valence-electron chi connectivity index (χ2n) is 4.93. The molecule has 18 heavy (non-hydrogen) atoms. The molecule has 1 aliphatic carbocycles. The van der Waals surface area contributed by atoms with Gasteiger partial charge in [0.15, 0.2) is 0 Å². The van der Waals surface area contributed by atoms with Gasteiger partial charge in [0.25, 0.3) is 0 Å². The zero-order valence-electron chi connectivity index (χ0n) is 10.5. The SMILES string of the molecule is CC(C(=O)N(C)C)N1C(=O)NC(=O)C2(CC2)C1=O. The van der Waals surface area contributed by atoms with Crippen molar-refractivity contribution in [3.63, 3.8) is 0 Å². The Morgan fingerprint density at radius 1 is 1.33 bits per heavy atom. The van der Waals surface area contributed by atoms with Crippen LogP contribution in [0.2, 0.25) is 0 Å². The number of carbonyl (C=O) groups excluding carboxylic acids is 4. The molecule has 1 saturated carbocycles. The minimum atomic E-state index is -1.10. The van der Waals surface area contributed by atoms with Gasteiger partial charge in [-0.2, -0.15) is 0 Å². The number of hydrogen-bond acceptors (Lipinski definition) is 4. The van der Waals surface area contributed by atoms with Crippen LogP contribution in [-0.4, -0.2) is 53.7 Å². The van der Waals surface area contributed by atoms with E-state index in [1.54, 1.807) is 14.1 Å². The Morgan fingerprint density at radius 2 is 1.89 bits per heavy atom. The van der Waals surface area contributed by atoms with Crippen molar-refractivity contribution in [1.82, 2.24) is 15.1 Å². The number of rotatable bonds is 2. The van der Waals surface area contributed by atoms with Crippen LogP contribution in [0.15, 0.2) is 0 Å². The van der Waals surface area contributed by atoms with Gasteiger partial charge in [0.2, 0.25) is 17.7 Å². The average Bonchev–Trinajstić information content (AvgIpc) is 3.07. The number of amides is 5. The number of barbiturate groups is 1. The Hall–Kier alpha value is -1.92. The molecule has 98 valence electrons. The number of nitrogens with one attached hydrogen (secondary N) is 1. The lowest BCUT2D eigenvalue weighted by Gasteiger charge is -2.34. The van der Waals surface area contributed by atoms with E-state index in [0.29, 0.717) is 12.8 Å². The number of hydrogen-bond donors (Lipinski definition) is 1. The maximum atomic E-state index is 12.2. The summed E-state index contributed by atoms with van der Waals surface area (Å²) in [5.41, 5.74) is -1.10. The Labute approximate surface area is 104 Å². The molecule has 5 amide bonds. The monoisotopic (exact) mass is 253 g/mol. The minimum absolute atomic E-state index is 0.358. The van der Waals surface area contributed by atoms with Gasteiger partial charge in [-0.3, -0.25) is 24.6 Å². The topological polar surface area (TPSA) is 86.8 Å². The van der Waals surface area contributed by atoms with Crippen molar-refractivity contribution in [2.75, 3.05) is 14.1 Å². The first-order chi connectivity index (χ1) is 8.31. The zero-order valence-corrected chi connectivity index (χ0v) is 10.5. The Morgan fingerprint density at radius 3 is 2.33 bits per heavy atom. The summed E-state index contributed by atoms with van der Waals surface area (Å²) in [6.45, 7) is 1.48. The number of imide groups is 2. The predicted molar refractivity (Wildman–Crippen MR) is 60.2 cm³/mol. The van der Waals surface area contributed by atoms with E-state index in [4.69, 9.17) is 0 Å². The van der Waals surface area contributed by atoms with Crippen molar-refractivity contribution < 1.29 is 19.2 Å². The fraction of sp³-hybridized carbons (Fsp3) is 0.636. The average molecular weight is 253 g/mol. The molecule has 0 radical (unpaired) electrons. The predicted octanol–water partition coefficient (Wildman–Crippen LogP) is -0.678. The van der Waals surface area contributed by atoms with Crippen LogP contribution in [0.25, 0.3) is 0 Å². The van der Waals surface area contributed by atoms with Crippen LogP contribution in [0.4, 0.5) is 4.79 Å². The third-order valence-corrected chi connectivity index (χ3v) is 3.44. The minimum Gasteiger partial charge on any atom is -0.347 e. The number of likely N-dealkylation sites (N-methyl/N-ethyl adjacent to an activating group) is 1. The molecule has 0 aromatic carbocycles. The summed E-state index contributed by atoms with van der Waals surface area (Å²) in [5, 5.41) is 2.14. The molecule has 0 aromatic rings. The fourth-order valence-electron chi connectivity index (χ4n) is 2.10. The lowest BCUT2D eigenvalue weighted by atomic mass is 10.0. The van der Waals surface area contributed by atoms with E-state index in [-0.39, 0.29) is 5.91 Å². The van der Waals surface area contributed by atoms with E-state index < -0.39 is 29.3 Å². The molecule has 2 rings (SSSR count). The molecule has 0 aromatic heterocycles. The third-order valence-electron chi connectivity index (χ3n) is 3.44. The lowest BCUT2D eigenvalue weighted by molar-refractivity contribution is -0.150. The van der Waals surface area contributed by atoms with Gasteiger partial charge in [-0.1, -0.05) is 0 Å². The number of urea groups is 1. The summed E-state index contributed by atoms with van der Waals surface area (Å²) >= 11 is 0. The summed E-state index contributed by atoms with van der Waals surface area (Å²) < 4.78 is 0. The molecule has 2 fully saturated rings. The highest BCUT2D eigenvalue weighted by atomic mass is 16.2. The largest absolute Gasteiger partial charge is 0.347 e. The zero-order chi connectivity index (χ0) is 13.7. The van der Waals surface area contributed by atoms with Gasteiger partial charge in [-0.15, -0.1) is 0 Å². The van der Waals surface area contributed by atoms with Gasteiger partial charge in [0.05, 0.1) is 0 Å². The first-order valence-corrected chi connectivity index (χ1v) is 5.71. The van der Waals surface area contributed by atoms with Crippen molar-refractivity contribution in [3.05, 3.63) is 0 Å². The maximum Gasteiger partial charge on any atom is 0.331 e. The van der Waals surface area contributed by atoms with Gasteiger partial charge in [-0.05, 0) is 19.8 Å². The molecular weight excluding hydrogens is 238 g/mol. The normalized spacial score (nSPS) is 22.8. The van der Waals surface area contributed by atoms with Crippen LogP contribution in [-0.2, 0) is 14.4 Å². The van der Waals surface area contributed by atoms with Gasteiger partial charge >= 0.3 is 6.03 Å². The molecule has 1 saturated heterocycles. The molecule has 0 bridgehead atoms. The summed E-state index contributed by atoms with van der Waals surface area (Å²) in [4.78, 5) is 49.4. The standard InChI is InChI=1S/C11H15N3O4/c1-6(7(15)13(2)3)14-9(17)11(4-5-11)8(16)12-10(14)18/h6H,4-5H2,1-3H3,(H,12,16,18). The molecule has 1 spiro atoms. The Kier molecular flexibility index (Phi) is 2.64. The highest BCUT2D eigenvalue weighted by molar-refractivity contribution is 6.21. The highest BCUT2D eigenvalue weighted by Gasteiger charge is 2.63. The van der Waals surface area contributed by atoms with Crippen LogP contribution < -0.4 is 5.32 Å². The van der Waals surface area contributed by atoms with Crippen LogP contribution in [0.5, 0.6) is 0 Å². The second-order valence-corrected chi connectivity index (χ2v) is 4.93. The van der Waals surface area contributed by atoms with E-state index in [0.717, 1.165) is 4.90 Å². The van der Waals surface area contributed by atoms with Gasteiger partial charge in [-0.25, -0.2) is 4.79 Å². The molecule has 7 nitrogen and oxygen atoms in total. The van der Waals surface area contributed by atoms with E-state index in [1.165, 1.54) is 11.8 Å². The van der Waals surface area contributed by atoms with Crippen molar-refractivity contribution in [2.24, 2.45) is 5.41 Å². The summed E-state index contributed by atoms with van der Waals surface area (Å²) in [6, 6.07) is -1.72. The highest BCUT2D eigenvalue weighted by Crippen LogP contribution is 2.49. The molecule has 1 unspecified atom stereocenters. The lowest BCUT2D eigenvalue weighted by Crippen LogP contribution is -2.63. The van der Waals surface area contributed by atoms with E-state index >= 15 is 0 Å². The number of nitrogens with zero attached hydrogens (tertiary/aromatic N) is 2. The quantitative estimate of drug-likeness (QED) is 0.661. The smallest absolute Gasteiger partial charge is 0.331 e. The third kappa shape index (κ3) is 1.58. The van der Waals surface area contributed by atoms with Gasteiger partial charge in [0, 0.05) is 14.1 Å². The molecule has 7 heteroatoms. The molecular formula is C11H15N3O4. The summed E-state index contributed by atoms with van der Waals surface area (Å²) in [6.07, 6.45) is 0.870. The maximum absolute atomic E-state index is 12.2. The van der Waals surface area contributed by atoms with Crippen molar-refractivity contribution in [2.45, 2.75) is 25.8 Å². The number of carbonyl (C=O) groups is 4. The Balaban J connectivity index is 2.27. The molecule has 1 aliphatic heterocycles. The first-order valence-electron chi connectivity index (χ1n) is 5.71. The molecule has 1 atom stereocenters. The van der Waals surface area contributed by atoms with Crippen molar-refractivity contribution in [1.29, 1.82) is 0 Å².